The lowest BCUT2D eigenvalue weighted by Crippen LogP contribution is -2.49. The normalized spacial score (nSPS) is 16.1. The van der Waals surface area contributed by atoms with E-state index in [2.05, 4.69) is 49.6 Å². The summed E-state index contributed by atoms with van der Waals surface area (Å²) in [5.41, 5.74) is 2.12. The molecule has 0 bridgehead atoms. The Morgan fingerprint density at radius 3 is 2.50 bits per heavy atom. The molecule has 2 amide bonds. The zero-order valence-electron chi connectivity index (χ0n) is 15.2. The SMILES string of the molecule is CC(=O)N1CCC(NC(=O)CNC(C)(C)c2cccc(C)c2)CC1. The number of hydrogen-bond acceptors (Lipinski definition) is 3. The summed E-state index contributed by atoms with van der Waals surface area (Å²) in [5, 5.41) is 6.42. The Bertz CT molecular complexity index is 590. The van der Waals surface area contributed by atoms with E-state index in [-0.39, 0.29) is 29.9 Å². The number of amides is 2. The lowest BCUT2D eigenvalue weighted by atomic mass is 9.93. The predicted octanol–water partition coefficient (Wildman–Crippen LogP) is 1.95. The quantitative estimate of drug-likeness (QED) is 0.867. The molecule has 0 radical (unpaired) electrons. The van der Waals surface area contributed by atoms with Crippen LogP contribution in [0.5, 0.6) is 0 Å². The van der Waals surface area contributed by atoms with Crippen molar-refractivity contribution < 1.29 is 9.59 Å². The second kappa shape index (κ2) is 7.79. The summed E-state index contributed by atoms with van der Waals surface area (Å²) in [6, 6.07) is 8.49. The van der Waals surface area contributed by atoms with Crippen LogP contribution in [0.4, 0.5) is 0 Å². The minimum Gasteiger partial charge on any atom is -0.352 e. The predicted molar refractivity (Wildman–Crippen MR) is 95.6 cm³/mol. The number of nitrogens with zero attached hydrogens (tertiary/aromatic N) is 1. The minimum absolute atomic E-state index is 0.0111. The van der Waals surface area contributed by atoms with Crippen molar-refractivity contribution in [3.63, 3.8) is 0 Å². The first kappa shape index (κ1) is 18.5. The standard InChI is InChI=1S/C19H29N3O2/c1-14-6-5-7-16(12-14)19(3,4)20-13-18(24)21-17-8-10-22(11-9-17)15(2)23/h5-7,12,17,20H,8-11,13H2,1-4H3,(H,21,24). The van der Waals surface area contributed by atoms with Gasteiger partial charge >= 0.3 is 0 Å². The van der Waals surface area contributed by atoms with E-state index < -0.39 is 0 Å². The summed E-state index contributed by atoms with van der Waals surface area (Å²) >= 11 is 0. The van der Waals surface area contributed by atoms with Crippen LogP contribution in [-0.4, -0.2) is 42.4 Å². The number of hydrogen-bond donors (Lipinski definition) is 2. The molecule has 0 aliphatic carbocycles. The van der Waals surface area contributed by atoms with E-state index in [1.165, 1.54) is 11.1 Å². The number of piperidine rings is 1. The van der Waals surface area contributed by atoms with Gasteiger partial charge in [0, 0.05) is 31.6 Å². The number of rotatable bonds is 5. The zero-order valence-corrected chi connectivity index (χ0v) is 15.2. The van der Waals surface area contributed by atoms with Crippen LogP contribution in [0.1, 0.15) is 44.7 Å². The molecule has 132 valence electrons. The van der Waals surface area contributed by atoms with E-state index in [1.54, 1.807) is 6.92 Å². The first-order valence-corrected chi connectivity index (χ1v) is 8.65. The van der Waals surface area contributed by atoms with Crippen LogP contribution in [0.2, 0.25) is 0 Å². The van der Waals surface area contributed by atoms with Crippen LogP contribution < -0.4 is 10.6 Å². The minimum atomic E-state index is -0.263. The van der Waals surface area contributed by atoms with Crippen molar-refractivity contribution in [2.75, 3.05) is 19.6 Å². The van der Waals surface area contributed by atoms with Gasteiger partial charge in [-0.1, -0.05) is 29.8 Å². The van der Waals surface area contributed by atoms with E-state index in [9.17, 15) is 9.59 Å². The number of likely N-dealkylation sites (tertiary alicyclic amines) is 1. The Morgan fingerprint density at radius 1 is 1.25 bits per heavy atom. The van der Waals surface area contributed by atoms with Crippen molar-refractivity contribution >= 4 is 11.8 Å². The van der Waals surface area contributed by atoms with Crippen LogP contribution in [0, 0.1) is 6.92 Å². The summed E-state index contributed by atoms with van der Waals surface area (Å²) in [6.07, 6.45) is 1.65. The maximum atomic E-state index is 12.2. The third kappa shape index (κ3) is 5.06. The molecule has 1 aromatic rings. The molecule has 2 N–H and O–H groups in total. The Balaban J connectivity index is 1.80. The van der Waals surface area contributed by atoms with Crippen molar-refractivity contribution in [2.24, 2.45) is 0 Å². The van der Waals surface area contributed by atoms with E-state index in [0.717, 1.165) is 25.9 Å². The monoisotopic (exact) mass is 331 g/mol. The summed E-state index contributed by atoms with van der Waals surface area (Å²) in [7, 11) is 0. The maximum Gasteiger partial charge on any atom is 0.234 e. The smallest absolute Gasteiger partial charge is 0.234 e. The third-order valence-corrected chi connectivity index (χ3v) is 4.74. The number of carbonyl (C=O) groups is 2. The van der Waals surface area contributed by atoms with Gasteiger partial charge in [-0.3, -0.25) is 14.9 Å². The molecule has 5 heteroatoms. The second-order valence-electron chi connectivity index (χ2n) is 7.20. The fourth-order valence-corrected chi connectivity index (χ4v) is 3.05. The Morgan fingerprint density at radius 2 is 1.92 bits per heavy atom. The van der Waals surface area contributed by atoms with Gasteiger partial charge in [0.15, 0.2) is 0 Å². The molecule has 0 saturated carbocycles. The van der Waals surface area contributed by atoms with Crippen molar-refractivity contribution in [2.45, 2.75) is 52.1 Å². The molecule has 1 aromatic carbocycles. The van der Waals surface area contributed by atoms with Gasteiger partial charge in [-0.15, -0.1) is 0 Å². The van der Waals surface area contributed by atoms with Crippen molar-refractivity contribution in [1.29, 1.82) is 0 Å². The Labute approximate surface area is 144 Å². The first-order chi connectivity index (χ1) is 11.3. The highest BCUT2D eigenvalue weighted by molar-refractivity contribution is 5.78. The fraction of sp³-hybridized carbons (Fsp3) is 0.579. The molecule has 0 atom stereocenters. The second-order valence-corrected chi connectivity index (χ2v) is 7.20. The van der Waals surface area contributed by atoms with Crippen LogP contribution in [0.15, 0.2) is 24.3 Å². The number of nitrogens with one attached hydrogen (secondary N) is 2. The van der Waals surface area contributed by atoms with Gasteiger partial charge in [0.1, 0.15) is 0 Å². The molecule has 2 rings (SSSR count). The molecule has 5 nitrogen and oxygen atoms in total. The average Bonchev–Trinajstić information content (AvgIpc) is 2.53. The summed E-state index contributed by atoms with van der Waals surface area (Å²) in [5.74, 6) is 0.123. The third-order valence-electron chi connectivity index (χ3n) is 4.74. The molecule has 1 heterocycles. The lowest BCUT2D eigenvalue weighted by molar-refractivity contribution is -0.130. The van der Waals surface area contributed by atoms with Crippen LogP contribution in [0.3, 0.4) is 0 Å². The Hall–Kier alpha value is -1.88. The molecule has 1 fully saturated rings. The van der Waals surface area contributed by atoms with Crippen LogP contribution >= 0.6 is 0 Å². The topological polar surface area (TPSA) is 61.4 Å². The molecular formula is C19H29N3O2. The van der Waals surface area contributed by atoms with Gasteiger partial charge in [0.25, 0.3) is 0 Å². The zero-order chi connectivity index (χ0) is 17.7. The Kier molecular flexibility index (Phi) is 5.99. The van der Waals surface area contributed by atoms with Crippen molar-refractivity contribution in [3.8, 4) is 0 Å². The molecule has 1 saturated heterocycles. The highest BCUT2D eigenvalue weighted by atomic mass is 16.2. The first-order valence-electron chi connectivity index (χ1n) is 8.65. The molecule has 0 unspecified atom stereocenters. The highest BCUT2D eigenvalue weighted by Gasteiger charge is 2.24. The average molecular weight is 331 g/mol. The molecule has 1 aliphatic heterocycles. The molecule has 1 aliphatic rings. The fourth-order valence-electron chi connectivity index (χ4n) is 3.05. The largest absolute Gasteiger partial charge is 0.352 e. The summed E-state index contributed by atoms with van der Waals surface area (Å²) in [6.45, 7) is 9.57. The molecule has 0 aromatic heterocycles. The summed E-state index contributed by atoms with van der Waals surface area (Å²) in [4.78, 5) is 25.4. The summed E-state index contributed by atoms with van der Waals surface area (Å²) < 4.78 is 0. The van der Waals surface area contributed by atoms with Gasteiger partial charge in [-0.25, -0.2) is 0 Å². The van der Waals surface area contributed by atoms with Crippen molar-refractivity contribution in [1.82, 2.24) is 15.5 Å². The molecule has 24 heavy (non-hydrogen) atoms. The van der Waals surface area contributed by atoms with E-state index in [4.69, 9.17) is 0 Å². The number of aryl methyl sites for hydroxylation is 1. The lowest BCUT2D eigenvalue weighted by Gasteiger charge is -2.32. The van der Waals surface area contributed by atoms with Gasteiger partial charge < -0.3 is 10.2 Å². The van der Waals surface area contributed by atoms with Crippen molar-refractivity contribution in [3.05, 3.63) is 35.4 Å². The van der Waals surface area contributed by atoms with Crippen LogP contribution in [-0.2, 0) is 15.1 Å². The van der Waals surface area contributed by atoms with Gasteiger partial charge in [0.2, 0.25) is 11.8 Å². The maximum absolute atomic E-state index is 12.2. The number of carbonyl (C=O) groups excluding carboxylic acids is 2. The van der Waals surface area contributed by atoms with E-state index in [1.807, 2.05) is 11.0 Å². The molecule has 0 spiro atoms. The number of benzene rings is 1. The van der Waals surface area contributed by atoms with Gasteiger partial charge in [-0.05, 0) is 39.2 Å². The van der Waals surface area contributed by atoms with Gasteiger partial charge in [-0.2, -0.15) is 0 Å². The van der Waals surface area contributed by atoms with E-state index in [0.29, 0.717) is 0 Å². The van der Waals surface area contributed by atoms with Gasteiger partial charge in [0.05, 0.1) is 6.54 Å². The molecular weight excluding hydrogens is 302 g/mol. The highest BCUT2D eigenvalue weighted by Crippen LogP contribution is 2.20. The van der Waals surface area contributed by atoms with E-state index >= 15 is 0 Å². The van der Waals surface area contributed by atoms with Crippen LogP contribution in [0.25, 0.3) is 0 Å².